The average molecular weight is 360 g/mol. The highest BCUT2D eigenvalue weighted by atomic mass is 16.5. The molecule has 3 rings (SSSR count). The summed E-state index contributed by atoms with van der Waals surface area (Å²) in [6.07, 6.45) is 2.91. The number of oxazole rings is 1. The van der Waals surface area contributed by atoms with Crippen LogP contribution in [-0.2, 0) is 11.3 Å². The molecule has 26 heavy (non-hydrogen) atoms. The first kappa shape index (κ1) is 18.3. The second-order valence-corrected chi connectivity index (χ2v) is 6.87. The Bertz CT molecular complexity index is 756. The van der Waals surface area contributed by atoms with Gasteiger partial charge in [0.25, 0.3) is 5.91 Å². The van der Waals surface area contributed by atoms with Crippen molar-refractivity contribution in [1.82, 2.24) is 10.3 Å². The Morgan fingerprint density at radius 2 is 2.19 bits per heavy atom. The Morgan fingerprint density at radius 1 is 1.38 bits per heavy atom. The van der Waals surface area contributed by atoms with Crippen molar-refractivity contribution in [1.29, 1.82) is 0 Å². The molecule has 0 unspecified atom stereocenters. The van der Waals surface area contributed by atoms with Gasteiger partial charge in [0.1, 0.15) is 17.8 Å². The molecule has 1 N–H and O–H groups in total. The minimum absolute atomic E-state index is 0.0689. The highest BCUT2D eigenvalue weighted by molar-refractivity contribution is 5.92. The molecule has 140 valence electrons. The van der Waals surface area contributed by atoms with Crippen molar-refractivity contribution in [3.05, 3.63) is 42.1 Å². The lowest BCUT2D eigenvalue weighted by atomic mass is 9.94. The van der Waals surface area contributed by atoms with Gasteiger partial charge in [0.15, 0.2) is 12.3 Å². The fraction of sp³-hybridized carbons (Fsp3) is 0.474. The van der Waals surface area contributed by atoms with E-state index in [1.165, 1.54) is 6.26 Å². The number of nitrogens with one attached hydrogen (secondary N) is 1. The van der Waals surface area contributed by atoms with Crippen LogP contribution in [-0.4, -0.2) is 36.3 Å². The van der Waals surface area contributed by atoms with Gasteiger partial charge in [0.2, 0.25) is 5.89 Å². The highest BCUT2D eigenvalue weighted by Crippen LogP contribution is 2.24. The second kappa shape index (κ2) is 7.78. The lowest BCUT2D eigenvalue weighted by molar-refractivity contribution is -0.0615. The largest absolute Gasteiger partial charge is 0.497 e. The summed E-state index contributed by atoms with van der Waals surface area (Å²) in [6, 6.07) is 7.31. The Balaban J connectivity index is 1.54. The van der Waals surface area contributed by atoms with E-state index in [2.05, 4.69) is 10.3 Å². The number of hydrogen-bond donors (Lipinski definition) is 1. The van der Waals surface area contributed by atoms with E-state index in [4.69, 9.17) is 18.6 Å². The normalized spacial score (nSPS) is 19.0. The van der Waals surface area contributed by atoms with E-state index in [1.54, 1.807) is 13.2 Å². The fourth-order valence-electron chi connectivity index (χ4n) is 2.93. The lowest BCUT2D eigenvalue weighted by Gasteiger charge is -2.35. The van der Waals surface area contributed by atoms with E-state index < -0.39 is 0 Å². The molecule has 1 saturated heterocycles. The van der Waals surface area contributed by atoms with Crippen LogP contribution in [0.3, 0.4) is 0 Å². The van der Waals surface area contributed by atoms with E-state index in [9.17, 15) is 4.79 Å². The van der Waals surface area contributed by atoms with Gasteiger partial charge in [0, 0.05) is 18.7 Å². The summed E-state index contributed by atoms with van der Waals surface area (Å²) in [5.74, 6) is 1.43. The monoisotopic (exact) mass is 360 g/mol. The van der Waals surface area contributed by atoms with Gasteiger partial charge in [-0.25, -0.2) is 4.98 Å². The van der Waals surface area contributed by atoms with E-state index >= 15 is 0 Å². The van der Waals surface area contributed by atoms with Crippen LogP contribution in [0, 0.1) is 0 Å². The number of ether oxygens (including phenoxy) is 3. The van der Waals surface area contributed by atoms with Crippen molar-refractivity contribution < 1.29 is 23.4 Å². The predicted octanol–water partition coefficient (Wildman–Crippen LogP) is 2.95. The summed E-state index contributed by atoms with van der Waals surface area (Å²) < 4.78 is 21.8. The molecule has 0 spiro atoms. The van der Waals surface area contributed by atoms with Crippen LogP contribution < -0.4 is 14.8 Å². The average Bonchev–Trinajstić information content (AvgIpc) is 3.08. The SMILES string of the molecule is COc1cccc(OCc2nc(C(=O)N[C@H]3CCOC(C)(C)C3)co2)c1. The molecule has 1 fully saturated rings. The molecule has 1 amide bonds. The molecule has 1 aliphatic rings. The third-order valence-electron chi connectivity index (χ3n) is 4.22. The van der Waals surface area contributed by atoms with Crippen LogP contribution in [0.5, 0.6) is 11.5 Å². The number of rotatable bonds is 6. The Labute approximate surface area is 152 Å². The lowest BCUT2D eigenvalue weighted by Crippen LogP contribution is -2.45. The summed E-state index contributed by atoms with van der Waals surface area (Å²) in [6.45, 7) is 4.81. The number of methoxy groups -OCH3 is 1. The highest BCUT2D eigenvalue weighted by Gasteiger charge is 2.30. The standard InChI is InChI=1S/C19H24N2O5/c1-19(2)10-13(7-8-26-19)20-18(22)16-11-25-17(21-16)12-24-15-6-4-5-14(9-15)23-3/h4-6,9,11,13H,7-8,10,12H2,1-3H3,(H,20,22)/t13-/m0/s1. The van der Waals surface area contributed by atoms with Crippen molar-refractivity contribution in [2.24, 2.45) is 0 Å². The minimum atomic E-state index is -0.246. The molecule has 0 bridgehead atoms. The molecule has 0 saturated carbocycles. The first-order chi connectivity index (χ1) is 12.4. The third-order valence-corrected chi connectivity index (χ3v) is 4.22. The predicted molar refractivity (Wildman–Crippen MR) is 94.3 cm³/mol. The summed E-state index contributed by atoms with van der Waals surface area (Å²) >= 11 is 0. The van der Waals surface area contributed by atoms with Crippen LogP contribution in [0.1, 0.15) is 43.1 Å². The molecule has 7 nitrogen and oxygen atoms in total. The number of carbonyl (C=O) groups excluding carboxylic acids is 1. The molecule has 0 aliphatic carbocycles. The van der Waals surface area contributed by atoms with E-state index in [0.29, 0.717) is 24.0 Å². The van der Waals surface area contributed by atoms with E-state index in [0.717, 1.165) is 12.8 Å². The van der Waals surface area contributed by atoms with Crippen molar-refractivity contribution in [3.63, 3.8) is 0 Å². The molecule has 1 aromatic carbocycles. The second-order valence-electron chi connectivity index (χ2n) is 6.87. The number of carbonyl (C=O) groups is 1. The number of hydrogen-bond acceptors (Lipinski definition) is 6. The molecular weight excluding hydrogens is 336 g/mol. The van der Waals surface area contributed by atoms with Crippen LogP contribution in [0.2, 0.25) is 0 Å². The number of benzene rings is 1. The third kappa shape index (κ3) is 4.76. The molecule has 7 heteroatoms. The van der Waals surface area contributed by atoms with E-state index in [1.807, 2.05) is 32.0 Å². The maximum atomic E-state index is 12.4. The van der Waals surface area contributed by atoms with Gasteiger partial charge in [-0.2, -0.15) is 0 Å². The smallest absolute Gasteiger partial charge is 0.273 e. The summed E-state index contributed by atoms with van der Waals surface area (Å²) in [5, 5.41) is 2.99. The molecule has 1 aromatic heterocycles. The minimum Gasteiger partial charge on any atom is -0.497 e. The molecular formula is C19H24N2O5. The molecule has 0 radical (unpaired) electrons. The van der Waals surface area contributed by atoms with Crippen LogP contribution in [0.25, 0.3) is 0 Å². The number of aromatic nitrogens is 1. The van der Waals surface area contributed by atoms with Crippen molar-refractivity contribution in [2.75, 3.05) is 13.7 Å². The van der Waals surface area contributed by atoms with Crippen LogP contribution in [0.4, 0.5) is 0 Å². The summed E-state index contributed by atoms with van der Waals surface area (Å²) in [4.78, 5) is 16.6. The molecule has 2 heterocycles. The maximum absolute atomic E-state index is 12.4. The van der Waals surface area contributed by atoms with Gasteiger partial charge < -0.3 is 23.9 Å². The van der Waals surface area contributed by atoms with Crippen LogP contribution in [0.15, 0.2) is 34.9 Å². The van der Waals surface area contributed by atoms with Gasteiger partial charge in [-0.3, -0.25) is 4.79 Å². The molecule has 1 aliphatic heterocycles. The zero-order chi connectivity index (χ0) is 18.6. The summed E-state index contributed by atoms with van der Waals surface area (Å²) in [7, 11) is 1.59. The quantitative estimate of drug-likeness (QED) is 0.853. The van der Waals surface area contributed by atoms with Gasteiger partial charge in [-0.05, 0) is 38.8 Å². The first-order valence-corrected chi connectivity index (χ1v) is 8.61. The van der Waals surface area contributed by atoms with Gasteiger partial charge in [0.05, 0.1) is 12.7 Å². The van der Waals surface area contributed by atoms with Crippen molar-refractivity contribution >= 4 is 5.91 Å². The topological polar surface area (TPSA) is 82.8 Å². The Kier molecular flexibility index (Phi) is 5.46. The van der Waals surface area contributed by atoms with Crippen molar-refractivity contribution in [3.8, 4) is 11.5 Å². The van der Waals surface area contributed by atoms with Gasteiger partial charge >= 0.3 is 0 Å². The fourth-order valence-corrected chi connectivity index (χ4v) is 2.93. The van der Waals surface area contributed by atoms with Gasteiger partial charge in [-0.15, -0.1) is 0 Å². The molecule has 1 atom stereocenters. The Hall–Kier alpha value is -2.54. The van der Waals surface area contributed by atoms with Crippen LogP contribution >= 0.6 is 0 Å². The van der Waals surface area contributed by atoms with Crippen molar-refractivity contribution in [2.45, 2.75) is 44.9 Å². The van der Waals surface area contributed by atoms with Gasteiger partial charge in [-0.1, -0.05) is 6.07 Å². The van der Waals surface area contributed by atoms with E-state index in [-0.39, 0.29) is 29.9 Å². The molecule has 2 aromatic rings. The number of amides is 1. The number of nitrogens with zero attached hydrogens (tertiary/aromatic N) is 1. The first-order valence-electron chi connectivity index (χ1n) is 8.61. The zero-order valence-electron chi connectivity index (χ0n) is 15.3. The summed E-state index contributed by atoms with van der Waals surface area (Å²) in [5.41, 5.74) is 0.0222. The Morgan fingerprint density at radius 3 is 2.96 bits per heavy atom. The zero-order valence-corrected chi connectivity index (χ0v) is 15.3. The maximum Gasteiger partial charge on any atom is 0.273 e.